The lowest BCUT2D eigenvalue weighted by atomic mass is 9.83. The zero-order chi connectivity index (χ0) is 24.6. The monoisotopic (exact) mass is 479 g/mol. The maximum absolute atomic E-state index is 13.0. The van der Waals surface area contributed by atoms with Crippen molar-refractivity contribution in [1.82, 2.24) is 14.8 Å². The first-order valence-corrected chi connectivity index (χ1v) is 12.4. The van der Waals surface area contributed by atoms with Crippen molar-refractivity contribution in [2.24, 2.45) is 5.92 Å². The van der Waals surface area contributed by atoms with Crippen LogP contribution in [0.25, 0.3) is 0 Å². The highest BCUT2D eigenvalue weighted by Crippen LogP contribution is 2.35. The molecule has 1 aromatic carbocycles. The van der Waals surface area contributed by atoms with Gasteiger partial charge >= 0.3 is 0 Å². The van der Waals surface area contributed by atoms with Crippen molar-refractivity contribution >= 4 is 11.8 Å². The van der Waals surface area contributed by atoms with Gasteiger partial charge in [-0.2, -0.15) is 0 Å². The van der Waals surface area contributed by atoms with Crippen LogP contribution in [0.1, 0.15) is 56.4 Å². The smallest absolute Gasteiger partial charge is 0.250 e. The number of nitrogens with one attached hydrogen (secondary N) is 1. The molecular formula is C27H33N3O5. The van der Waals surface area contributed by atoms with Gasteiger partial charge in [0.15, 0.2) is 5.79 Å². The van der Waals surface area contributed by atoms with E-state index in [0.717, 1.165) is 17.7 Å². The predicted octanol–water partition coefficient (Wildman–Crippen LogP) is 2.58. The van der Waals surface area contributed by atoms with Crippen LogP contribution >= 0.6 is 0 Å². The first-order chi connectivity index (χ1) is 16.8. The average molecular weight is 480 g/mol. The molecule has 2 bridgehead atoms. The maximum Gasteiger partial charge on any atom is 0.250 e. The van der Waals surface area contributed by atoms with Crippen molar-refractivity contribution in [3.8, 4) is 0 Å². The molecule has 2 fully saturated rings. The Kier molecular flexibility index (Phi) is 6.51. The number of amides is 2. The number of hydrogen-bond donors (Lipinski definition) is 1. The highest BCUT2D eigenvalue weighted by Gasteiger charge is 2.39. The van der Waals surface area contributed by atoms with Crippen LogP contribution in [0.2, 0.25) is 0 Å². The Hall–Kier alpha value is -2.97. The van der Waals surface area contributed by atoms with Gasteiger partial charge in [0.05, 0.1) is 12.6 Å². The summed E-state index contributed by atoms with van der Waals surface area (Å²) in [6.07, 6.45) is 0.932. The number of piperidine rings is 1. The zero-order valence-corrected chi connectivity index (χ0v) is 20.3. The second kappa shape index (κ2) is 9.59. The van der Waals surface area contributed by atoms with Crippen LogP contribution in [0.4, 0.5) is 0 Å². The van der Waals surface area contributed by atoms with Gasteiger partial charge < -0.3 is 24.3 Å². The van der Waals surface area contributed by atoms with Gasteiger partial charge in [-0.05, 0) is 37.8 Å². The molecule has 4 heterocycles. The van der Waals surface area contributed by atoms with Gasteiger partial charge in [0.2, 0.25) is 11.8 Å². The van der Waals surface area contributed by atoms with E-state index in [4.69, 9.17) is 9.47 Å². The van der Waals surface area contributed by atoms with Crippen molar-refractivity contribution in [2.45, 2.75) is 63.5 Å². The van der Waals surface area contributed by atoms with E-state index in [0.29, 0.717) is 26.2 Å². The minimum Gasteiger partial charge on any atom is -0.348 e. The van der Waals surface area contributed by atoms with Gasteiger partial charge in [-0.3, -0.25) is 14.4 Å². The minimum atomic E-state index is -0.742. The number of carbonyl (C=O) groups is 2. The van der Waals surface area contributed by atoms with Crippen molar-refractivity contribution in [2.75, 3.05) is 19.7 Å². The summed E-state index contributed by atoms with van der Waals surface area (Å²) in [4.78, 5) is 39.9. The third-order valence-corrected chi connectivity index (χ3v) is 7.26. The molecule has 0 saturated carbocycles. The average Bonchev–Trinajstić information content (AvgIpc) is 2.84. The molecule has 0 unspecified atom stereocenters. The standard InChI is InChI=1S/C27H33N3O5/c1-27(2)34-17-21(26(35-27)19-7-4-3-5-8-19)28-23(31)11-12-24(32)29-14-18-13-20(16-29)22-9-6-10-25(33)30(22)15-18/h3-10,18,20-21,26H,11-17H2,1-2H3,(H,28,31)/t18-,20-,21-,26-/m0/s1. The summed E-state index contributed by atoms with van der Waals surface area (Å²) in [6, 6.07) is 14.8. The number of pyridine rings is 1. The van der Waals surface area contributed by atoms with Gasteiger partial charge in [-0.25, -0.2) is 0 Å². The van der Waals surface area contributed by atoms with Crippen LogP contribution < -0.4 is 10.9 Å². The summed E-state index contributed by atoms with van der Waals surface area (Å²) in [7, 11) is 0. The molecule has 5 rings (SSSR count). The molecule has 2 aromatic rings. The molecule has 8 heteroatoms. The van der Waals surface area contributed by atoms with Crippen molar-refractivity contribution in [3.63, 3.8) is 0 Å². The largest absolute Gasteiger partial charge is 0.348 e. The number of ether oxygens (including phenoxy) is 2. The summed E-state index contributed by atoms with van der Waals surface area (Å²) in [5.74, 6) is -0.511. The Morgan fingerprint density at radius 2 is 1.83 bits per heavy atom. The van der Waals surface area contributed by atoms with E-state index < -0.39 is 5.79 Å². The molecule has 3 aliphatic rings. The van der Waals surface area contributed by atoms with Crippen molar-refractivity contribution in [3.05, 3.63) is 70.1 Å². The molecule has 4 atom stereocenters. The van der Waals surface area contributed by atoms with E-state index in [9.17, 15) is 14.4 Å². The van der Waals surface area contributed by atoms with Crippen LogP contribution in [0.15, 0.2) is 53.3 Å². The van der Waals surface area contributed by atoms with Crippen LogP contribution in [0.5, 0.6) is 0 Å². The second-order valence-electron chi connectivity index (χ2n) is 10.3. The maximum atomic E-state index is 13.0. The molecule has 35 heavy (non-hydrogen) atoms. The summed E-state index contributed by atoms with van der Waals surface area (Å²) in [5.41, 5.74) is 2.02. The molecule has 2 saturated heterocycles. The lowest BCUT2D eigenvalue weighted by Crippen LogP contribution is -2.52. The lowest BCUT2D eigenvalue weighted by Gasteiger charge is -2.43. The molecule has 2 amide bonds. The van der Waals surface area contributed by atoms with Crippen LogP contribution in [-0.4, -0.2) is 52.8 Å². The quantitative estimate of drug-likeness (QED) is 0.712. The number of aromatic nitrogens is 1. The fourth-order valence-electron chi connectivity index (χ4n) is 5.62. The van der Waals surface area contributed by atoms with E-state index in [2.05, 4.69) is 5.32 Å². The first-order valence-electron chi connectivity index (χ1n) is 12.4. The number of rotatable bonds is 5. The van der Waals surface area contributed by atoms with Crippen molar-refractivity contribution < 1.29 is 19.1 Å². The third-order valence-electron chi connectivity index (χ3n) is 7.26. The van der Waals surface area contributed by atoms with Crippen LogP contribution in [0.3, 0.4) is 0 Å². The Balaban J connectivity index is 1.18. The van der Waals surface area contributed by atoms with E-state index in [1.807, 2.05) is 59.7 Å². The topological polar surface area (TPSA) is 89.9 Å². The van der Waals surface area contributed by atoms with E-state index >= 15 is 0 Å². The molecule has 0 radical (unpaired) electrons. The summed E-state index contributed by atoms with van der Waals surface area (Å²) in [5, 5.41) is 3.02. The molecule has 1 aromatic heterocycles. The Labute approximate surface area is 205 Å². The zero-order valence-electron chi connectivity index (χ0n) is 20.3. The van der Waals surface area contributed by atoms with Crippen molar-refractivity contribution in [1.29, 1.82) is 0 Å². The number of fused-ring (bicyclic) bond motifs is 4. The summed E-state index contributed by atoms with van der Waals surface area (Å²) < 4.78 is 13.8. The van der Waals surface area contributed by atoms with E-state index in [-0.39, 0.29) is 54.2 Å². The van der Waals surface area contributed by atoms with Gasteiger partial charge in [-0.15, -0.1) is 0 Å². The van der Waals surface area contributed by atoms with Crippen LogP contribution in [0, 0.1) is 5.92 Å². The predicted molar refractivity (Wildman–Crippen MR) is 130 cm³/mol. The number of carbonyl (C=O) groups excluding carboxylic acids is 2. The fraction of sp³-hybridized carbons (Fsp3) is 0.519. The molecule has 8 nitrogen and oxygen atoms in total. The highest BCUT2D eigenvalue weighted by atomic mass is 16.7. The number of nitrogens with zero attached hydrogens (tertiary/aromatic N) is 2. The normalized spacial score (nSPS) is 27.1. The molecule has 3 aliphatic heterocycles. The first kappa shape index (κ1) is 23.8. The molecule has 0 spiro atoms. The summed E-state index contributed by atoms with van der Waals surface area (Å²) >= 11 is 0. The third kappa shape index (κ3) is 5.18. The highest BCUT2D eigenvalue weighted by molar-refractivity contribution is 5.84. The van der Waals surface area contributed by atoms with Gasteiger partial charge in [0.25, 0.3) is 5.56 Å². The van der Waals surface area contributed by atoms with Gasteiger partial charge in [0, 0.05) is 50.2 Å². The summed E-state index contributed by atoms with van der Waals surface area (Å²) in [6.45, 7) is 5.93. The molecule has 0 aliphatic carbocycles. The Bertz CT molecular complexity index is 1150. The lowest BCUT2D eigenvalue weighted by molar-refractivity contribution is -0.284. The van der Waals surface area contributed by atoms with Gasteiger partial charge in [0.1, 0.15) is 6.10 Å². The number of hydrogen-bond acceptors (Lipinski definition) is 5. The molecule has 186 valence electrons. The van der Waals surface area contributed by atoms with Crippen LogP contribution in [-0.2, 0) is 25.6 Å². The van der Waals surface area contributed by atoms with E-state index in [1.165, 1.54) is 0 Å². The Morgan fingerprint density at radius 1 is 1.03 bits per heavy atom. The number of likely N-dealkylation sites (tertiary alicyclic amines) is 1. The SMILES string of the molecule is CC1(C)OC[C@H](NC(=O)CCC(=O)N2C[C@@H]3C[C@@H](C2)c2cccc(=O)n2C3)[C@H](c2ccccc2)O1. The van der Waals surface area contributed by atoms with Gasteiger partial charge in [-0.1, -0.05) is 36.4 Å². The molecular weight excluding hydrogens is 446 g/mol. The van der Waals surface area contributed by atoms with E-state index in [1.54, 1.807) is 12.1 Å². The second-order valence-corrected chi connectivity index (χ2v) is 10.3. The molecule has 1 N–H and O–H groups in total. The fourth-order valence-corrected chi connectivity index (χ4v) is 5.62. The minimum absolute atomic E-state index is 0.0153. The Morgan fingerprint density at radius 3 is 2.63 bits per heavy atom. The number of benzene rings is 1.